The van der Waals surface area contributed by atoms with E-state index in [4.69, 9.17) is 9.47 Å². The molecule has 0 spiro atoms. The molecule has 3 rings (SSSR count). The summed E-state index contributed by atoms with van der Waals surface area (Å²) < 4.78 is 76.8. The van der Waals surface area contributed by atoms with Crippen LogP contribution in [0.25, 0.3) is 10.9 Å². The number of nitrogens with zero attached hydrogens (tertiary/aromatic N) is 3. The molecule has 0 unspecified atom stereocenters. The highest BCUT2D eigenvalue weighted by Gasteiger charge is 2.49. The minimum Gasteiger partial charge on any atom is -0.495 e. The SMILES string of the molecule is COc1cc2c3c(c(OS(=O)(=O)C(F)(F)F)nc2cc1C#N)CN(C(=O)OC(C)(C)C)C3. The molecule has 9 nitrogen and oxygen atoms in total. The number of nitriles is 1. The third-order valence-electron chi connectivity index (χ3n) is 4.43. The second-order valence-electron chi connectivity index (χ2n) is 7.88. The molecule has 0 bridgehead atoms. The summed E-state index contributed by atoms with van der Waals surface area (Å²) in [7, 11) is -4.69. The van der Waals surface area contributed by atoms with Gasteiger partial charge >= 0.3 is 21.7 Å². The Balaban J connectivity index is 2.19. The largest absolute Gasteiger partial charge is 0.534 e. The topological polar surface area (TPSA) is 119 Å². The Kier molecular flexibility index (Phi) is 5.63. The Labute approximate surface area is 181 Å². The van der Waals surface area contributed by atoms with Gasteiger partial charge in [0.25, 0.3) is 0 Å². The van der Waals surface area contributed by atoms with Crippen LogP contribution in [-0.2, 0) is 27.9 Å². The van der Waals surface area contributed by atoms with Crippen LogP contribution in [0, 0.1) is 11.3 Å². The molecule has 2 heterocycles. The lowest BCUT2D eigenvalue weighted by molar-refractivity contribution is -0.0501. The summed E-state index contributed by atoms with van der Waals surface area (Å²) in [5, 5.41) is 9.64. The predicted molar refractivity (Wildman–Crippen MR) is 104 cm³/mol. The number of amides is 1. The van der Waals surface area contributed by atoms with Crippen molar-refractivity contribution < 1.29 is 40.0 Å². The maximum atomic E-state index is 12.9. The Bertz CT molecular complexity index is 1250. The van der Waals surface area contributed by atoms with Gasteiger partial charge in [0.05, 0.1) is 31.3 Å². The van der Waals surface area contributed by atoms with Crippen molar-refractivity contribution in [3.05, 3.63) is 28.8 Å². The average Bonchev–Trinajstić information content (AvgIpc) is 3.11. The fourth-order valence-electron chi connectivity index (χ4n) is 3.08. The highest BCUT2D eigenvalue weighted by Crippen LogP contribution is 2.39. The van der Waals surface area contributed by atoms with E-state index in [0.29, 0.717) is 10.9 Å². The number of alkyl halides is 3. The van der Waals surface area contributed by atoms with Gasteiger partial charge < -0.3 is 13.7 Å². The van der Waals surface area contributed by atoms with Crippen LogP contribution in [0.3, 0.4) is 0 Å². The van der Waals surface area contributed by atoms with Gasteiger partial charge in [0.15, 0.2) is 0 Å². The molecule has 0 N–H and O–H groups in total. The molecule has 0 atom stereocenters. The molecule has 1 aliphatic heterocycles. The van der Waals surface area contributed by atoms with Crippen molar-refractivity contribution in [2.45, 2.75) is 45.0 Å². The number of halogens is 3. The van der Waals surface area contributed by atoms with E-state index in [2.05, 4.69) is 9.17 Å². The minimum atomic E-state index is -6.02. The Morgan fingerprint density at radius 3 is 2.34 bits per heavy atom. The fraction of sp³-hybridized carbons (Fsp3) is 0.421. The number of pyridine rings is 1. The third-order valence-corrected chi connectivity index (χ3v) is 5.37. The summed E-state index contributed by atoms with van der Waals surface area (Å²) >= 11 is 0. The van der Waals surface area contributed by atoms with Crippen molar-refractivity contribution in [2.24, 2.45) is 0 Å². The zero-order valence-corrected chi connectivity index (χ0v) is 18.2. The lowest BCUT2D eigenvalue weighted by Gasteiger charge is -2.24. The normalized spacial score (nSPS) is 14.1. The van der Waals surface area contributed by atoms with Gasteiger partial charge in [0.2, 0.25) is 5.88 Å². The van der Waals surface area contributed by atoms with E-state index in [1.165, 1.54) is 24.1 Å². The number of carbonyl (C=O) groups is 1. The number of benzene rings is 1. The van der Waals surface area contributed by atoms with E-state index in [1.54, 1.807) is 20.8 Å². The summed E-state index contributed by atoms with van der Waals surface area (Å²) in [4.78, 5) is 17.6. The highest BCUT2D eigenvalue weighted by molar-refractivity contribution is 7.87. The zero-order valence-electron chi connectivity index (χ0n) is 17.4. The van der Waals surface area contributed by atoms with E-state index in [-0.39, 0.29) is 35.5 Å². The van der Waals surface area contributed by atoms with Gasteiger partial charge in [0.1, 0.15) is 17.4 Å². The van der Waals surface area contributed by atoms with E-state index in [9.17, 15) is 31.6 Å². The predicted octanol–water partition coefficient (Wildman–Crippen LogP) is 3.59. The highest BCUT2D eigenvalue weighted by atomic mass is 32.2. The van der Waals surface area contributed by atoms with Crippen molar-refractivity contribution in [1.82, 2.24) is 9.88 Å². The van der Waals surface area contributed by atoms with Gasteiger partial charge in [-0.05, 0) is 38.5 Å². The van der Waals surface area contributed by atoms with Crippen molar-refractivity contribution in [3.63, 3.8) is 0 Å². The van der Waals surface area contributed by atoms with E-state index in [0.717, 1.165) is 0 Å². The standard InChI is InChI=1S/C19H18F3N3O6S/c1-18(2,3)30-17(26)25-8-12-11-6-15(29-4)10(7-23)5-14(11)24-16(13(12)9-25)31-32(27,28)19(20,21)22/h5-6H,8-9H2,1-4H3. The Morgan fingerprint density at radius 2 is 1.81 bits per heavy atom. The van der Waals surface area contributed by atoms with Gasteiger partial charge in [-0.1, -0.05) is 0 Å². The molecule has 1 aliphatic rings. The molecule has 0 radical (unpaired) electrons. The number of hydrogen-bond acceptors (Lipinski definition) is 8. The second-order valence-corrected chi connectivity index (χ2v) is 9.41. The Morgan fingerprint density at radius 1 is 1.19 bits per heavy atom. The van der Waals surface area contributed by atoms with Gasteiger partial charge in [-0.3, -0.25) is 4.90 Å². The van der Waals surface area contributed by atoms with Gasteiger partial charge in [-0.2, -0.15) is 26.9 Å². The smallest absolute Gasteiger partial charge is 0.495 e. The Hall–Kier alpha value is -3.27. The average molecular weight is 473 g/mol. The summed E-state index contributed by atoms with van der Waals surface area (Å²) in [5.41, 5.74) is -6.22. The first-order valence-electron chi connectivity index (χ1n) is 9.09. The minimum absolute atomic E-state index is 0.000451. The maximum Gasteiger partial charge on any atom is 0.534 e. The van der Waals surface area contributed by atoms with E-state index < -0.39 is 33.2 Å². The van der Waals surface area contributed by atoms with E-state index >= 15 is 0 Å². The number of carbonyl (C=O) groups excluding carboxylic acids is 1. The summed E-state index contributed by atoms with van der Waals surface area (Å²) in [5.74, 6) is -0.652. The molecule has 1 aromatic heterocycles. The van der Waals surface area contributed by atoms with Crippen LogP contribution >= 0.6 is 0 Å². The molecule has 13 heteroatoms. The molecule has 2 aromatic rings. The second kappa shape index (κ2) is 7.70. The van der Waals surface area contributed by atoms with Crippen LogP contribution < -0.4 is 8.92 Å². The molecule has 0 saturated heterocycles. The van der Waals surface area contributed by atoms with Crippen LogP contribution in [0.1, 0.15) is 37.5 Å². The first-order valence-corrected chi connectivity index (χ1v) is 10.5. The quantitative estimate of drug-likeness (QED) is 0.490. The fourth-order valence-corrected chi connectivity index (χ4v) is 3.52. The number of hydrogen-bond donors (Lipinski definition) is 0. The van der Waals surface area contributed by atoms with Crippen LogP contribution in [0.4, 0.5) is 18.0 Å². The number of ether oxygens (including phenoxy) is 2. The van der Waals surface area contributed by atoms with Crippen LogP contribution in [0.5, 0.6) is 11.6 Å². The number of methoxy groups -OCH3 is 1. The van der Waals surface area contributed by atoms with Crippen molar-refractivity contribution >= 4 is 27.1 Å². The molecule has 1 amide bonds. The molecule has 0 saturated carbocycles. The molecule has 32 heavy (non-hydrogen) atoms. The first-order chi connectivity index (χ1) is 14.7. The summed E-state index contributed by atoms with van der Waals surface area (Å²) in [6, 6.07) is 4.54. The molecule has 0 fully saturated rings. The lowest BCUT2D eigenvalue weighted by atomic mass is 10.0. The van der Waals surface area contributed by atoms with Crippen molar-refractivity contribution in [1.29, 1.82) is 5.26 Å². The lowest BCUT2D eigenvalue weighted by Crippen LogP contribution is -2.33. The first kappa shape index (κ1) is 23.4. The van der Waals surface area contributed by atoms with Crippen LogP contribution in [0.15, 0.2) is 12.1 Å². The molecule has 0 aliphatic carbocycles. The van der Waals surface area contributed by atoms with Crippen molar-refractivity contribution in [3.8, 4) is 17.7 Å². The van der Waals surface area contributed by atoms with Gasteiger partial charge in [0, 0.05) is 10.9 Å². The molecular formula is C19H18F3N3O6S. The molecular weight excluding hydrogens is 455 g/mol. The number of rotatable bonds is 3. The summed E-state index contributed by atoms with van der Waals surface area (Å²) in [6.07, 6.45) is -0.757. The van der Waals surface area contributed by atoms with E-state index in [1.807, 2.05) is 6.07 Å². The maximum absolute atomic E-state index is 12.9. The van der Waals surface area contributed by atoms with Crippen LogP contribution in [0.2, 0.25) is 0 Å². The third kappa shape index (κ3) is 4.36. The van der Waals surface area contributed by atoms with Gasteiger partial charge in [-0.25, -0.2) is 9.78 Å². The zero-order chi connectivity index (χ0) is 24.1. The molecule has 1 aromatic carbocycles. The van der Waals surface area contributed by atoms with Crippen molar-refractivity contribution in [2.75, 3.05) is 7.11 Å². The number of aromatic nitrogens is 1. The summed E-state index contributed by atoms with van der Waals surface area (Å²) in [6.45, 7) is 4.52. The van der Waals surface area contributed by atoms with Gasteiger partial charge in [-0.15, -0.1) is 0 Å². The molecule has 172 valence electrons. The number of fused-ring (bicyclic) bond motifs is 3. The monoisotopic (exact) mass is 473 g/mol. The van der Waals surface area contributed by atoms with Crippen LogP contribution in [-0.4, -0.2) is 42.6 Å².